The van der Waals surface area contributed by atoms with Gasteiger partial charge in [-0.2, -0.15) is 0 Å². The van der Waals surface area contributed by atoms with Crippen LogP contribution in [0.3, 0.4) is 0 Å². The molecule has 0 bridgehead atoms. The number of hydrogen-bond acceptors (Lipinski definition) is 3. The predicted octanol–water partition coefficient (Wildman–Crippen LogP) is 1.93. The van der Waals surface area contributed by atoms with E-state index in [-0.39, 0.29) is 17.7 Å². The van der Waals surface area contributed by atoms with E-state index in [1.165, 1.54) is 17.8 Å². The fourth-order valence-electron chi connectivity index (χ4n) is 1.96. The van der Waals surface area contributed by atoms with Gasteiger partial charge in [-0.25, -0.2) is 8.78 Å². The number of amides is 1. The summed E-state index contributed by atoms with van der Waals surface area (Å²) >= 11 is 1.20. The number of carbonyl (C=O) groups is 1. The van der Waals surface area contributed by atoms with Gasteiger partial charge in [0.1, 0.15) is 0 Å². The van der Waals surface area contributed by atoms with Gasteiger partial charge in [0.2, 0.25) is 5.91 Å². The highest BCUT2D eigenvalue weighted by atomic mass is 32.2. The second kappa shape index (κ2) is 6.86. The average Bonchev–Trinajstić information content (AvgIpc) is 2.41. The van der Waals surface area contributed by atoms with Gasteiger partial charge < -0.3 is 10.6 Å². The van der Waals surface area contributed by atoms with Crippen LogP contribution in [-0.4, -0.2) is 30.8 Å². The summed E-state index contributed by atoms with van der Waals surface area (Å²) in [5.74, 6) is -1.63. The lowest BCUT2D eigenvalue weighted by atomic mass is 10.1. The Morgan fingerprint density at radius 3 is 2.95 bits per heavy atom. The van der Waals surface area contributed by atoms with E-state index in [1.807, 2.05) is 0 Å². The van der Waals surface area contributed by atoms with Crippen LogP contribution >= 0.6 is 11.8 Å². The molecule has 0 saturated carbocycles. The van der Waals surface area contributed by atoms with E-state index in [0.29, 0.717) is 4.90 Å². The lowest BCUT2D eigenvalue weighted by molar-refractivity contribution is -0.119. The van der Waals surface area contributed by atoms with E-state index in [4.69, 9.17) is 0 Å². The third kappa shape index (κ3) is 4.47. The highest BCUT2D eigenvalue weighted by Crippen LogP contribution is 2.20. The van der Waals surface area contributed by atoms with Crippen molar-refractivity contribution in [2.45, 2.75) is 23.8 Å². The van der Waals surface area contributed by atoms with Crippen molar-refractivity contribution in [3.8, 4) is 0 Å². The topological polar surface area (TPSA) is 41.1 Å². The van der Waals surface area contributed by atoms with Crippen LogP contribution in [0.5, 0.6) is 0 Å². The number of hydrogen-bond donors (Lipinski definition) is 2. The second-order valence-electron chi connectivity index (χ2n) is 4.48. The smallest absolute Gasteiger partial charge is 0.230 e. The number of halogens is 2. The van der Waals surface area contributed by atoms with Gasteiger partial charge in [-0.05, 0) is 37.6 Å². The Labute approximate surface area is 115 Å². The first-order valence-electron chi connectivity index (χ1n) is 6.23. The zero-order valence-corrected chi connectivity index (χ0v) is 11.2. The van der Waals surface area contributed by atoms with Gasteiger partial charge in [-0.15, -0.1) is 11.8 Å². The summed E-state index contributed by atoms with van der Waals surface area (Å²) in [5, 5.41) is 6.14. The average molecular weight is 286 g/mol. The largest absolute Gasteiger partial charge is 0.351 e. The number of nitrogens with one attached hydrogen (secondary N) is 2. The highest BCUT2D eigenvalue weighted by Gasteiger charge is 2.15. The molecule has 1 atom stereocenters. The summed E-state index contributed by atoms with van der Waals surface area (Å²) < 4.78 is 25.7. The van der Waals surface area contributed by atoms with Gasteiger partial charge in [0.05, 0.1) is 5.75 Å². The fraction of sp³-hybridized carbons (Fsp3) is 0.462. The Kier molecular flexibility index (Phi) is 5.15. The predicted molar refractivity (Wildman–Crippen MR) is 71.1 cm³/mol. The normalized spacial score (nSPS) is 19.2. The summed E-state index contributed by atoms with van der Waals surface area (Å²) in [6.45, 7) is 1.79. The Bertz CT molecular complexity index is 450. The fourth-order valence-corrected chi connectivity index (χ4v) is 2.69. The van der Waals surface area contributed by atoms with Crippen LogP contribution in [0.25, 0.3) is 0 Å². The minimum Gasteiger partial charge on any atom is -0.351 e. The summed E-state index contributed by atoms with van der Waals surface area (Å²) in [4.78, 5) is 12.3. The maximum Gasteiger partial charge on any atom is 0.230 e. The van der Waals surface area contributed by atoms with Crippen LogP contribution in [0.2, 0.25) is 0 Å². The van der Waals surface area contributed by atoms with Crippen molar-refractivity contribution in [1.29, 1.82) is 0 Å². The molecule has 3 nitrogen and oxygen atoms in total. The molecule has 0 aliphatic carbocycles. The molecule has 1 aromatic rings. The number of piperidine rings is 1. The van der Waals surface area contributed by atoms with Gasteiger partial charge in [-0.1, -0.05) is 0 Å². The molecule has 1 aliphatic heterocycles. The second-order valence-corrected chi connectivity index (χ2v) is 5.52. The molecule has 2 N–H and O–H groups in total. The number of rotatable bonds is 4. The van der Waals surface area contributed by atoms with Crippen LogP contribution in [0.15, 0.2) is 23.1 Å². The summed E-state index contributed by atoms with van der Waals surface area (Å²) in [6.07, 6.45) is 2.04. The molecule has 0 aromatic heterocycles. The maximum atomic E-state index is 13.0. The van der Waals surface area contributed by atoms with Gasteiger partial charge >= 0.3 is 0 Å². The maximum absolute atomic E-state index is 13.0. The van der Waals surface area contributed by atoms with E-state index < -0.39 is 11.6 Å². The van der Waals surface area contributed by atoms with Crippen molar-refractivity contribution in [3.63, 3.8) is 0 Å². The van der Waals surface area contributed by atoms with Gasteiger partial charge in [-0.3, -0.25) is 4.79 Å². The van der Waals surface area contributed by atoms with E-state index in [0.717, 1.165) is 38.1 Å². The molecule has 1 amide bonds. The third-order valence-corrected chi connectivity index (χ3v) is 3.92. The molecule has 1 aliphatic rings. The minimum absolute atomic E-state index is 0.0802. The van der Waals surface area contributed by atoms with Crippen molar-refractivity contribution < 1.29 is 13.6 Å². The first-order chi connectivity index (χ1) is 9.15. The molecule has 0 unspecified atom stereocenters. The van der Waals surface area contributed by atoms with Crippen LogP contribution in [0.4, 0.5) is 8.78 Å². The van der Waals surface area contributed by atoms with E-state index >= 15 is 0 Å². The van der Waals surface area contributed by atoms with Crippen molar-refractivity contribution in [2.75, 3.05) is 18.8 Å². The summed E-state index contributed by atoms with van der Waals surface area (Å²) in [7, 11) is 0. The molecule has 1 saturated heterocycles. The molecule has 1 heterocycles. The monoisotopic (exact) mass is 286 g/mol. The standard InChI is InChI=1S/C13H16F2N2OS/c14-11-4-3-10(6-12(11)15)19-8-13(18)17-9-2-1-5-16-7-9/h3-4,6,9,16H,1-2,5,7-8H2,(H,17,18)/t9-/m0/s1. The third-order valence-electron chi connectivity index (χ3n) is 2.92. The molecule has 6 heteroatoms. The number of carbonyl (C=O) groups excluding carboxylic acids is 1. The van der Waals surface area contributed by atoms with E-state index in [2.05, 4.69) is 10.6 Å². The Morgan fingerprint density at radius 2 is 2.26 bits per heavy atom. The molecule has 104 valence electrons. The SMILES string of the molecule is O=C(CSc1ccc(F)c(F)c1)N[C@H]1CCCNC1. The van der Waals surface area contributed by atoms with Gasteiger partial charge in [0.15, 0.2) is 11.6 Å². The van der Waals surface area contributed by atoms with E-state index in [9.17, 15) is 13.6 Å². The molecular formula is C13H16F2N2OS. The van der Waals surface area contributed by atoms with E-state index in [1.54, 1.807) is 0 Å². The first kappa shape index (κ1) is 14.3. The van der Waals surface area contributed by atoms with Crippen LogP contribution in [-0.2, 0) is 4.79 Å². The van der Waals surface area contributed by atoms with Crippen LogP contribution in [0, 0.1) is 11.6 Å². The first-order valence-corrected chi connectivity index (χ1v) is 7.21. The minimum atomic E-state index is -0.887. The molecule has 0 radical (unpaired) electrons. The number of thioether (sulfide) groups is 1. The van der Waals surface area contributed by atoms with Gasteiger partial charge in [0.25, 0.3) is 0 Å². The quantitative estimate of drug-likeness (QED) is 0.831. The molecule has 0 spiro atoms. The molecule has 19 heavy (non-hydrogen) atoms. The Hall–Kier alpha value is -1.14. The lowest BCUT2D eigenvalue weighted by Gasteiger charge is -2.23. The molecule has 1 aromatic carbocycles. The van der Waals surface area contributed by atoms with Crippen molar-refractivity contribution in [2.24, 2.45) is 0 Å². The Morgan fingerprint density at radius 1 is 1.42 bits per heavy atom. The molecule has 2 rings (SSSR count). The number of benzene rings is 1. The van der Waals surface area contributed by atoms with Crippen molar-refractivity contribution >= 4 is 17.7 Å². The molecule has 1 fully saturated rings. The summed E-state index contributed by atoms with van der Waals surface area (Å²) in [5.41, 5.74) is 0. The van der Waals surface area contributed by atoms with Crippen molar-refractivity contribution in [1.82, 2.24) is 10.6 Å². The summed E-state index contributed by atoms with van der Waals surface area (Å²) in [6, 6.07) is 3.82. The van der Waals surface area contributed by atoms with Gasteiger partial charge in [0, 0.05) is 17.5 Å². The van der Waals surface area contributed by atoms with Crippen LogP contribution < -0.4 is 10.6 Å². The highest BCUT2D eigenvalue weighted by molar-refractivity contribution is 8.00. The van der Waals surface area contributed by atoms with Crippen molar-refractivity contribution in [3.05, 3.63) is 29.8 Å². The van der Waals surface area contributed by atoms with Crippen LogP contribution in [0.1, 0.15) is 12.8 Å². The Balaban J connectivity index is 1.77. The zero-order chi connectivity index (χ0) is 13.7. The lowest BCUT2D eigenvalue weighted by Crippen LogP contribution is -2.46. The molecular weight excluding hydrogens is 270 g/mol. The zero-order valence-electron chi connectivity index (χ0n) is 10.4.